The van der Waals surface area contributed by atoms with Crippen LogP contribution in [0.15, 0.2) is 48.5 Å². The van der Waals surface area contributed by atoms with E-state index in [9.17, 15) is 14.0 Å². The molecule has 0 radical (unpaired) electrons. The number of aryl methyl sites for hydroxylation is 1. The molecule has 2 amide bonds. The van der Waals surface area contributed by atoms with E-state index >= 15 is 0 Å². The largest absolute Gasteiger partial charge is 0.354 e. The molecule has 5 heteroatoms. The zero-order valence-corrected chi connectivity index (χ0v) is 16.9. The first-order valence-corrected chi connectivity index (χ1v) is 9.81. The van der Waals surface area contributed by atoms with Crippen LogP contribution in [0.4, 0.5) is 4.39 Å². The lowest BCUT2D eigenvalue weighted by Gasteiger charge is -2.31. The predicted molar refractivity (Wildman–Crippen MR) is 109 cm³/mol. The third-order valence-corrected chi connectivity index (χ3v) is 4.64. The van der Waals surface area contributed by atoms with Crippen LogP contribution < -0.4 is 5.32 Å². The Morgan fingerprint density at radius 1 is 1.07 bits per heavy atom. The average Bonchev–Trinajstić information content (AvgIpc) is 2.67. The fourth-order valence-electron chi connectivity index (χ4n) is 3.17. The van der Waals surface area contributed by atoms with Gasteiger partial charge in [-0.25, -0.2) is 4.39 Å². The van der Waals surface area contributed by atoms with Crippen molar-refractivity contribution in [3.63, 3.8) is 0 Å². The van der Waals surface area contributed by atoms with Gasteiger partial charge in [-0.15, -0.1) is 0 Å². The predicted octanol–water partition coefficient (Wildman–Crippen LogP) is 4.01. The molecule has 2 aromatic carbocycles. The molecular formula is C23H29FN2O2. The summed E-state index contributed by atoms with van der Waals surface area (Å²) in [6, 6.07) is 13.3. The Kier molecular flexibility index (Phi) is 8.18. The Morgan fingerprint density at radius 2 is 1.79 bits per heavy atom. The summed E-state index contributed by atoms with van der Waals surface area (Å²) in [4.78, 5) is 27.4. The quantitative estimate of drug-likeness (QED) is 0.710. The number of nitrogens with one attached hydrogen (secondary N) is 1. The van der Waals surface area contributed by atoms with Crippen LogP contribution >= 0.6 is 0 Å². The number of halogens is 1. The molecule has 0 bridgehead atoms. The van der Waals surface area contributed by atoms with Crippen molar-refractivity contribution in [3.05, 3.63) is 71.0 Å². The van der Waals surface area contributed by atoms with Gasteiger partial charge in [0.25, 0.3) is 0 Å². The maximum Gasteiger partial charge on any atom is 0.242 e. The molecule has 0 unspecified atom stereocenters. The highest BCUT2D eigenvalue weighted by Crippen LogP contribution is 2.16. The van der Waals surface area contributed by atoms with E-state index in [4.69, 9.17) is 0 Å². The second kappa shape index (κ2) is 10.6. The zero-order valence-electron chi connectivity index (χ0n) is 16.9. The van der Waals surface area contributed by atoms with E-state index in [1.807, 2.05) is 45.0 Å². The number of hydrogen-bond donors (Lipinski definition) is 1. The fraction of sp³-hybridized carbons (Fsp3) is 0.391. The maximum absolute atomic E-state index is 13.3. The number of rotatable bonds is 9. The second-order valence-corrected chi connectivity index (χ2v) is 7.03. The van der Waals surface area contributed by atoms with E-state index in [-0.39, 0.29) is 30.6 Å². The van der Waals surface area contributed by atoms with Gasteiger partial charge in [-0.1, -0.05) is 55.8 Å². The number of amides is 2. The van der Waals surface area contributed by atoms with Gasteiger partial charge >= 0.3 is 0 Å². The van der Waals surface area contributed by atoms with Crippen molar-refractivity contribution in [2.45, 2.75) is 52.6 Å². The van der Waals surface area contributed by atoms with Gasteiger partial charge in [0.05, 0.1) is 6.42 Å². The summed E-state index contributed by atoms with van der Waals surface area (Å²) in [6.07, 6.45) is 1.56. The highest BCUT2D eigenvalue weighted by atomic mass is 19.1. The normalized spacial score (nSPS) is 11.7. The van der Waals surface area contributed by atoms with Crippen molar-refractivity contribution in [3.8, 4) is 0 Å². The van der Waals surface area contributed by atoms with E-state index < -0.39 is 6.04 Å². The van der Waals surface area contributed by atoms with Crippen LogP contribution in [-0.2, 0) is 22.6 Å². The van der Waals surface area contributed by atoms with Crippen LogP contribution in [0.25, 0.3) is 0 Å². The fourth-order valence-corrected chi connectivity index (χ4v) is 3.17. The van der Waals surface area contributed by atoms with Crippen LogP contribution in [-0.4, -0.2) is 29.3 Å². The van der Waals surface area contributed by atoms with Crippen LogP contribution in [0.1, 0.15) is 43.4 Å². The Balaban J connectivity index is 2.26. The summed E-state index contributed by atoms with van der Waals surface area (Å²) in [5.74, 6) is -0.591. The lowest BCUT2D eigenvalue weighted by molar-refractivity contribution is -0.140. The van der Waals surface area contributed by atoms with Crippen LogP contribution in [0.5, 0.6) is 0 Å². The molecule has 1 N–H and O–H groups in total. The lowest BCUT2D eigenvalue weighted by atomic mass is 10.1. The van der Waals surface area contributed by atoms with Gasteiger partial charge in [-0.2, -0.15) is 0 Å². The van der Waals surface area contributed by atoms with Crippen molar-refractivity contribution in [1.82, 2.24) is 10.2 Å². The topological polar surface area (TPSA) is 49.4 Å². The highest BCUT2D eigenvalue weighted by Gasteiger charge is 2.28. The summed E-state index contributed by atoms with van der Waals surface area (Å²) in [5, 5.41) is 2.89. The van der Waals surface area contributed by atoms with Crippen molar-refractivity contribution in [2.75, 3.05) is 6.54 Å². The van der Waals surface area contributed by atoms with Crippen LogP contribution in [0.2, 0.25) is 0 Å². The SMILES string of the molecule is CCCNC(=O)[C@@H](CC)N(Cc1ccc(F)cc1)C(=O)Cc1cccc(C)c1. The van der Waals surface area contributed by atoms with E-state index in [0.717, 1.165) is 23.1 Å². The molecule has 0 spiro atoms. The van der Waals surface area contributed by atoms with Gasteiger partial charge in [0.15, 0.2) is 0 Å². The molecule has 0 aromatic heterocycles. The third-order valence-electron chi connectivity index (χ3n) is 4.64. The summed E-state index contributed by atoms with van der Waals surface area (Å²) in [6.45, 7) is 6.71. The Morgan fingerprint density at radius 3 is 2.39 bits per heavy atom. The molecule has 0 aliphatic carbocycles. The molecule has 1 atom stereocenters. The van der Waals surface area contributed by atoms with Crippen LogP contribution in [0.3, 0.4) is 0 Å². The van der Waals surface area contributed by atoms with E-state index in [0.29, 0.717) is 13.0 Å². The molecule has 2 rings (SSSR count). The minimum absolute atomic E-state index is 0.117. The summed E-state index contributed by atoms with van der Waals surface area (Å²) in [7, 11) is 0. The Bertz CT molecular complexity index is 789. The minimum Gasteiger partial charge on any atom is -0.354 e. The molecule has 28 heavy (non-hydrogen) atoms. The van der Waals surface area contributed by atoms with Gasteiger partial charge in [-0.05, 0) is 43.0 Å². The van der Waals surface area contributed by atoms with E-state index in [1.54, 1.807) is 17.0 Å². The Hall–Kier alpha value is -2.69. The van der Waals surface area contributed by atoms with Crippen LogP contribution in [0, 0.1) is 12.7 Å². The number of carbonyl (C=O) groups excluding carboxylic acids is 2. The summed E-state index contributed by atoms with van der Waals surface area (Å²) in [5.41, 5.74) is 2.79. The van der Waals surface area contributed by atoms with Gasteiger partial charge in [0.2, 0.25) is 11.8 Å². The van der Waals surface area contributed by atoms with Gasteiger partial charge in [0, 0.05) is 13.1 Å². The smallest absolute Gasteiger partial charge is 0.242 e. The standard InChI is InChI=1S/C23H29FN2O2/c1-4-13-25-23(28)21(5-2)26(16-18-9-11-20(24)12-10-18)22(27)15-19-8-6-7-17(3)14-19/h6-12,14,21H,4-5,13,15-16H2,1-3H3,(H,25,28)/t21-/m1/s1. The molecule has 0 fully saturated rings. The van der Waals surface area contributed by atoms with E-state index in [1.165, 1.54) is 12.1 Å². The minimum atomic E-state index is -0.561. The highest BCUT2D eigenvalue weighted by molar-refractivity contribution is 5.88. The number of nitrogens with zero attached hydrogens (tertiary/aromatic N) is 1. The molecule has 0 saturated carbocycles. The third kappa shape index (κ3) is 6.19. The van der Waals surface area contributed by atoms with Crippen molar-refractivity contribution in [2.24, 2.45) is 0 Å². The van der Waals surface area contributed by atoms with Gasteiger partial charge < -0.3 is 10.2 Å². The first-order valence-electron chi connectivity index (χ1n) is 9.81. The Labute approximate surface area is 166 Å². The lowest BCUT2D eigenvalue weighted by Crippen LogP contribution is -2.49. The number of benzene rings is 2. The monoisotopic (exact) mass is 384 g/mol. The van der Waals surface area contributed by atoms with Crippen molar-refractivity contribution < 1.29 is 14.0 Å². The van der Waals surface area contributed by atoms with Gasteiger partial charge in [-0.3, -0.25) is 9.59 Å². The first kappa shape index (κ1) is 21.6. The first-order chi connectivity index (χ1) is 13.4. The zero-order chi connectivity index (χ0) is 20.5. The molecule has 2 aromatic rings. The van der Waals surface area contributed by atoms with E-state index in [2.05, 4.69) is 5.32 Å². The molecular weight excluding hydrogens is 355 g/mol. The maximum atomic E-state index is 13.3. The van der Waals surface area contributed by atoms with Crippen molar-refractivity contribution in [1.29, 1.82) is 0 Å². The average molecular weight is 384 g/mol. The molecule has 0 saturated heterocycles. The molecule has 0 aliphatic heterocycles. The molecule has 0 heterocycles. The second-order valence-electron chi connectivity index (χ2n) is 7.03. The number of hydrogen-bond acceptors (Lipinski definition) is 2. The van der Waals surface area contributed by atoms with Crippen molar-refractivity contribution >= 4 is 11.8 Å². The van der Waals surface area contributed by atoms with Gasteiger partial charge in [0.1, 0.15) is 11.9 Å². The molecule has 4 nitrogen and oxygen atoms in total. The summed E-state index contributed by atoms with van der Waals surface area (Å²) >= 11 is 0. The number of carbonyl (C=O) groups is 2. The molecule has 0 aliphatic rings. The summed E-state index contributed by atoms with van der Waals surface area (Å²) < 4.78 is 13.3. The molecule has 150 valence electrons.